The molecule has 0 amide bonds. The zero-order chi connectivity index (χ0) is 15.3. The summed E-state index contributed by atoms with van der Waals surface area (Å²) >= 11 is 0. The molecule has 21 heavy (non-hydrogen) atoms. The van der Waals surface area contributed by atoms with Crippen LogP contribution < -0.4 is 10.1 Å². The van der Waals surface area contributed by atoms with Crippen molar-refractivity contribution in [3.8, 4) is 5.88 Å². The second kappa shape index (κ2) is 7.21. The highest BCUT2D eigenvalue weighted by atomic mass is 16.5. The normalized spacial score (nSPS) is 18.9. The van der Waals surface area contributed by atoms with E-state index in [4.69, 9.17) is 4.74 Å². The number of hydrogen-bond donors (Lipinski definition) is 1. The van der Waals surface area contributed by atoms with Gasteiger partial charge in [-0.25, -0.2) is 4.98 Å². The molecule has 0 bridgehead atoms. The minimum Gasteiger partial charge on any atom is -0.473 e. The molecule has 118 valence electrons. The molecule has 1 N–H and O–H groups in total. The average Bonchev–Trinajstić information content (AvgIpc) is 2.41. The molecule has 1 aliphatic rings. The maximum Gasteiger partial charge on any atom is 0.232 e. The largest absolute Gasteiger partial charge is 0.473 e. The zero-order valence-corrected chi connectivity index (χ0v) is 13.9. The van der Waals surface area contributed by atoms with Gasteiger partial charge >= 0.3 is 0 Å². The maximum absolute atomic E-state index is 6.02. The lowest BCUT2D eigenvalue weighted by Gasteiger charge is -2.34. The van der Waals surface area contributed by atoms with Gasteiger partial charge in [-0.05, 0) is 43.6 Å². The Morgan fingerprint density at radius 3 is 2.67 bits per heavy atom. The lowest BCUT2D eigenvalue weighted by Crippen LogP contribution is -2.28. The fourth-order valence-electron chi connectivity index (χ4n) is 2.68. The van der Waals surface area contributed by atoms with Crippen LogP contribution in [0.2, 0.25) is 0 Å². The first kappa shape index (κ1) is 16.2. The fourth-order valence-corrected chi connectivity index (χ4v) is 2.68. The average molecular weight is 291 g/mol. The van der Waals surface area contributed by atoms with Gasteiger partial charge in [0.25, 0.3) is 0 Å². The Labute approximate surface area is 128 Å². The molecule has 0 radical (unpaired) electrons. The summed E-state index contributed by atoms with van der Waals surface area (Å²) in [7, 11) is 0. The Morgan fingerprint density at radius 2 is 2.00 bits per heavy atom. The SMILES string of the molecule is CC(C)CNCc1cncc(OC2CCC(C)(C)CC2)n1. The molecule has 1 aliphatic carbocycles. The molecule has 1 fully saturated rings. The summed E-state index contributed by atoms with van der Waals surface area (Å²) in [6, 6.07) is 0. The van der Waals surface area contributed by atoms with E-state index in [1.165, 1.54) is 12.8 Å². The monoisotopic (exact) mass is 291 g/mol. The molecule has 0 atom stereocenters. The van der Waals surface area contributed by atoms with Crippen molar-refractivity contribution < 1.29 is 4.74 Å². The maximum atomic E-state index is 6.02. The van der Waals surface area contributed by atoms with Crippen LogP contribution in [0, 0.1) is 11.3 Å². The van der Waals surface area contributed by atoms with Gasteiger partial charge < -0.3 is 10.1 Å². The van der Waals surface area contributed by atoms with Gasteiger partial charge in [0.2, 0.25) is 5.88 Å². The van der Waals surface area contributed by atoms with Gasteiger partial charge in [-0.1, -0.05) is 27.7 Å². The van der Waals surface area contributed by atoms with Crippen LogP contribution in [-0.2, 0) is 6.54 Å². The predicted molar refractivity (Wildman–Crippen MR) is 85.2 cm³/mol. The van der Waals surface area contributed by atoms with Crippen molar-refractivity contribution in [3.63, 3.8) is 0 Å². The topological polar surface area (TPSA) is 47.0 Å². The Kier molecular flexibility index (Phi) is 5.57. The highest BCUT2D eigenvalue weighted by Gasteiger charge is 2.28. The van der Waals surface area contributed by atoms with Crippen molar-refractivity contribution >= 4 is 0 Å². The number of hydrogen-bond acceptors (Lipinski definition) is 4. The Bertz CT molecular complexity index is 435. The molecule has 0 unspecified atom stereocenters. The highest BCUT2D eigenvalue weighted by Crippen LogP contribution is 2.36. The quantitative estimate of drug-likeness (QED) is 0.870. The summed E-state index contributed by atoms with van der Waals surface area (Å²) in [5.41, 5.74) is 1.41. The predicted octanol–water partition coefficient (Wildman–Crippen LogP) is 3.57. The molecular formula is C17H29N3O. The van der Waals surface area contributed by atoms with Gasteiger partial charge in [-0.3, -0.25) is 4.98 Å². The molecule has 4 heteroatoms. The van der Waals surface area contributed by atoms with Crippen LogP contribution in [-0.4, -0.2) is 22.6 Å². The molecular weight excluding hydrogens is 262 g/mol. The molecule has 2 rings (SSSR count). The van der Waals surface area contributed by atoms with Crippen molar-refractivity contribution in [1.29, 1.82) is 0 Å². The zero-order valence-electron chi connectivity index (χ0n) is 13.9. The van der Waals surface area contributed by atoms with Crippen molar-refractivity contribution in [3.05, 3.63) is 18.1 Å². The standard InChI is InChI=1S/C17H29N3O/c1-13(2)9-18-10-14-11-19-12-16(20-14)21-15-5-7-17(3,4)8-6-15/h11-13,15,18H,5-10H2,1-4H3. The summed E-state index contributed by atoms with van der Waals surface area (Å²) in [6.45, 7) is 10.8. The van der Waals surface area contributed by atoms with E-state index in [1.54, 1.807) is 6.20 Å². The minimum atomic E-state index is 0.297. The summed E-state index contributed by atoms with van der Waals surface area (Å²) in [6.07, 6.45) is 8.51. The van der Waals surface area contributed by atoms with Gasteiger partial charge in [0.05, 0.1) is 11.9 Å². The van der Waals surface area contributed by atoms with E-state index in [9.17, 15) is 0 Å². The number of rotatable bonds is 6. The van der Waals surface area contributed by atoms with Gasteiger partial charge in [-0.2, -0.15) is 0 Å². The molecule has 1 saturated carbocycles. The Morgan fingerprint density at radius 1 is 1.29 bits per heavy atom. The van der Waals surface area contributed by atoms with E-state index in [0.717, 1.165) is 31.6 Å². The van der Waals surface area contributed by atoms with Crippen LogP contribution in [0.25, 0.3) is 0 Å². The number of aromatic nitrogens is 2. The van der Waals surface area contributed by atoms with E-state index in [0.29, 0.717) is 23.3 Å². The first-order valence-electron chi connectivity index (χ1n) is 8.13. The number of nitrogens with zero attached hydrogens (tertiary/aromatic N) is 2. The molecule has 0 aliphatic heterocycles. The third kappa shape index (κ3) is 5.62. The first-order valence-corrected chi connectivity index (χ1v) is 8.13. The lowest BCUT2D eigenvalue weighted by atomic mass is 9.76. The molecule has 1 aromatic heterocycles. The lowest BCUT2D eigenvalue weighted by molar-refractivity contribution is 0.0943. The van der Waals surface area contributed by atoms with Gasteiger partial charge in [-0.15, -0.1) is 0 Å². The summed E-state index contributed by atoms with van der Waals surface area (Å²) < 4.78 is 6.02. The first-order chi connectivity index (χ1) is 9.94. The van der Waals surface area contributed by atoms with Crippen molar-refractivity contribution in [1.82, 2.24) is 15.3 Å². The van der Waals surface area contributed by atoms with Crippen LogP contribution in [0.5, 0.6) is 5.88 Å². The third-order valence-corrected chi connectivity index (χ3v) is 4.09. The van der Waals surface area contributed by atoms with Gasteiger partial charge in [0.15, 0.2) is 0 Å². The molecule has 0 spiro atoms. The van der Waals surface area contributed by atoms with Crippen LogP contribution >= 0.6 is 0 Å². The highest BCUT2D eigenvalue weighted by molar-refractivity contribution is 5.09. The van der Waals surface area contributed by atoms with Crippen LogP contribution in [0.3, 0.4) is 0 Å². The number of ether oxygens (including phenoxy) is 1. The second-order valence-corrected chi connectivity index (χ2v) is 7.35. The van der Waals surface area contributed by atoms with Crippen molar-refractivity contribution in [2.45, 2.75) is 66.0 Å². The van der Waals surface area contributed by atoms with Gasteiger partial charge in [0, 0.05) is 12.7 Å². The molecule has 1 heterocycles. The van der Waals surface area contributed by atoms with Crippen LogP contribution in [0.1, 0.15) is 59.1 Å². The second-order valence-electron chi connectivity index (χ2n) is 7.35. The van der Waals surface area contributed by atoms with Crippen LogP contribution in [0.4, 0.5) is 0 Å². The fraction of sp³-hybridized carbons (Fsp3) is 0.765. The Hall–Kier alpha value is -1.16. The van der Waals surface area contributed by atoms with Crippen LogP contribution in [0.15, 0.2) is 12.4 Å². The molecule has 0 aromatic carbocycles. The van der Waals surface area contributed by atoms with E-state index in [2.05, 4.69) is 43.0 Å². The summed E-state index contributed by atoms with van der Waals surface area (Å²) in [4.78, 5) is 8.80. The molecule has 4 nitrogen and oxygen atoms in total. The van der Waals surface area contributed by atoms with Gasteiger partial charge in [0.1, 0.15) is 6.10 Å². The number of nitrogens with one attached hydrogen (secondary N) is 1. The van der Waals surface area contributed by atoms with Crippen molar-refractivity contribution in [2.75, 3.05) is 6.54 Å². The van der Waals surface area contributed by atoms with E-state index < -0.39 is 0 Å². The molecule has 0 saturated heterocycles. The van der Waals surface area contributed by atoms with E-state index in [-0.39, 0.29) is 0 Å². The third-order valence-electron chi connectivity index (χ3n) is 4.09. The van der Waals surface area contributed by atoms with Crippen molar-refractivity contribution in [2.24, 2.45) is 11.3 Å². The summed E-state index contributed by atoms with van der Waals surface area (Å²) in [5.74, 6) is 1.31. The molecule has 1 aromatic rings. The minimum absolute atomic E-state index is 0.297. The van der Waals surface area contributed by atoms with E-state index in [1.807, 2.05) is 6.20 Å². The Balaban J connectivity index is 1.83. The van der Waals surface area contributed by atoms with E-state index >= 15 is 0 Å². The smallest absolute Gasteiger partial charge is 0.232 e. The summed E-state index contributed by atoms with van der Waals surface area (Å²) in [5, 5.41) is 3.38.